The number of hydrogen-bond donors (Lipinski definition) is 3. The molecule has 0 aromatic rings. The van der Waals surface area contributed by atoms with Crippen molar-refractivity contribution in [2.24, 2.45) is 0 Å². The van der Waals surface area contributed by atoms with Crippen LogP contribution in [-0.4, -0.2) is 51.8 Å². The van der Waals surface area contributed by atoms with Crippen LogP contribution in [0, 0.1) is 0 Å². The molecule has 1 aliphatic heterocycles. The van der Waals surface area contributed by atoms with Gasteiger partial charge in [-0.25, -0.2) is 0 Å². The summed E-state index contributed by atoms with van der Waals surface area (Å²) < 4.78 is 4.85. The fraction of sp³-hybridized carbons (Fsp3) is 0.909. The number of amides is 1. The molecule has 0 aliphatic carbocycles. The lowest BCUT2D eigenvalue weighted by atomic mass is 10.2. The number of carbonyl (C=O) groups excluding carboxylic acids is 1. The predicted octanol–water partition coefficient (Wildman–Crippen LogP) is -0.519. The lowest BCUT2D eigenvalue weighted by Crippen LogP contribution is -2.36. The normalized spacial score (nSPS) is 19.9. The molecule has 0 saturated carbocycles. The summed E-state index contributed by atoms with van der Waals surface area (Å²) in [6.45, 7) is 4.01. The number of nitrogens with one attached hydrogen (secondary N) is 3. The second kappa shape index (κ2) is 8.50. The molecule has 94 valence electrons. The van der Waals surface area contributed by atoms with Gasteiger partial charge in [-0.1, -0.05) is 0 Å². The van der Waals surface area contributed by atoms with Gasteiger partial charge in [0, 0.05) is 39.2 Å². The molecule has 1 rings (SSSR count). The SMILES string of the molecule is COCCNC(=O)CCNCC1CCCN1. The zero-order valence-corrected chi connectivity index (χ0v) is 10.1. The Hall–Kier alpha value is -0.650. The molecule has 5 heteroatoms. The number of hydrogen-bond acceptors (Lipinski definition) is 4. The van der Waals surface area contributed by atoms with Gasteiger partial charge in [-0.15, -0.1) is 0 Å². The molecular formula is C11H23N3O2. The molecule has 1 aliphatic rings. The maximum absolute atomic E-state index is 11.3. The topological polar surface area (TPSA) is 62.4 Å². The highest BCUT2D eigenvalue weighted by atomic mass is 16.5. The lowest BCUT2D eigenvalue weighted by Gasteiger charge is -2.11. The summed E-state index contributed by atoms with van der Waals surface area (Å²) in [6.07, 6.45) is 3.05. The third kappa shape index (κ3) is 6.05. The Kier molecular flexibility index (Phi) is 7.12. The van der Waals surface area contributed by atoms with Gasteiger partial charge < -0.3 is 20.7 Å². The number of ether oxygens (including phenoxy) is 1. The Morgan fingerprint density at radius 1 is 1.50 bits per heavy atom. The van der Waals surface area contributed by atoms with E-state index in [4.69, 9.17) is 4.74 Å². The molecule has 0 aromatic carbocycles. The summed E-state index contributed by atoms with van der Waals surface area (Å²) in [5, 5.41) is 9.49. The maximum atomic E-state index is 11.3. The molecule has 3 N–H and O–H groups in total. The van der Waals surface area contributed by atoms with Crippen LogP contribution in [-0.2, 0) is 9.53 Å². The van der Waals surface area contributed by atoms with Gasteiger partial charge in [0.15, 0.2) is 0 Å². The highest BCUT2D eigenvalue weighted by Crippen LogP contribution is 2.02. The first-order valence-electron chi connectivity index (χ1n) is 6.02. The zero-order chi connectivity index (χ0) is 11.6. The molecule has 5 nitrogen and oxygen atoms in total. The van der Waals surface area contributed by atoms with Gasteiger partial charge >= 0.3 is 0 Å². The van der Waals surface area contributed by atoms with Crippen molar-refractivity contribution in [3.63, 3.8) is 0 Å². The first-order valence-corrected chi connectivity index (χ1v) is 6.02. The van der Waals surface area contributed by atoms with E-state index in [0.717, 1.165) is 19.6 Å². The van der Waals surface area contributed by atoms with E-state index < -0.39 is 0 Å². The Morgan fingerprint density at radius 3 is 3.06 bits per heavy atom. The molecule has 0 radical (unpaired) electrons. The van der Waals surface area contributed by atoms with Crippen LogP contribution in [0.5, 0.6) is 0 Å². The third-order valence-electron chi connectivity index (χ3n) is 2.71. The largest absolute Gasteiger partial charge is 0.383 e. The number of rotatable bonds is 8. The molecule has 1 amide bonds. The van der Waals surface area contributed by atoms with Crippen LogP contribution >= 0.6 is 0 Å². The fourth-order valence-corrected chi connectivity index (χ4v) is 1.79. The molecular weight excluding hydrogens is 206 g/mol. The van der Waals surface area contributed by atoms with E-state index in [1.54, 1.807) is 7.11 Å². The van der Waals surface area contributed by atoms with Crippen LogP contribution in [0.2, 0.25) is 0 Å². The first kappa shape index (κ1) is 13.4. The summed E-state index contributed by atoms with van der Waals surface area (Å²) in [7, 11) is 1.63. The molecule has 0 spiro atoms. The summed E-state index contributed by atoms with van der Waals surface area (Å²) in [5.74, 6) is 0.0870. The van der Waals surface area contributed by atoms with E-state index in [2.05, 4.69) is 16.0 Å². The van der Waals surface area contributed by atoms with E-state index in [-0.39, 0.29) is 5.91 Å². The van der Waals surface area contributed by atoms with Crippen molar-refractivity contribution < 1.29 is 9.53 Å². The smallest absolute Gasteiger partial charge is 0.221 e. The van der Waals surface area contributed by atoms with Gasteiger partial charge in [0.05, 0.1) is 6.61 Å². The average molecular weight is 229 g/mol. The van der Waals surface area contributed by atoms with E-state index >= 15 is 0 Å². The van der Waals surface area contributed by atoms with Crippen molar-refractivity contribution in [1.82, 2.24) is 16.0 Å². The van der Waals surface area contributed by atoms with Crippen molar-refractivity contribution in [2.75, 3.05) is 39.9 Å². The van der Waals surface area contributed by atoms with E-state index in [9.17, 15) is 4.79 Å². The third-order valence-corrected chi connectivity index (χ3v) is 2.71. The molecule has 16 heavy (non-hydrogen) atoms. The van der Waals surface area contributed by atoms with Gasteiger partial charge in [-0.05, 0) is 19.4 Å². The Labute approximate surface area is 97.3 Å². The van der Waals surface area contributed by atoms with E-state index in [0.29, 0.717) is 25.6 Å². The molecule has 1 heterocycles. The van der Waals surface area contributed by atoms with Gasteiger partial charge in [0.1, 0.15) is 0 Å². The van der Waals surface area contributed by atoms with Crippen LogP contribution in [0.25, 0.3) is 0 Å². The van der Waals surface area contributed by atoms with Crippen molar-refractivity contribution in [3.05, 3.63) is 0 Å². The van der Waals surface area contributed by atoms with Gasteiger partial charge in [0.2, 0.25) is 5.91 Å². The second-order valence-electron chi connectivity index (χ2n) is 4.09. The minimum absolute atomic E-state index is 0.0870. The molecule has 1 unspecified atom stereocenters. The monoisotopic (exact) mass is 229 g/mol. The minimum atomic E-state index is 0.0870. The Bertz CT molecular complexity index is 194. The van der Waals surface area contributed by atoms with E-state index in [1.807, 2.05) is 0 Å². The fourth-order valence-electron chi connectivity index (χ4n) is 1.79. The minimum Gasteiger partial charge on any atom is -0.383 e. The van der Waals surface area contributed by atoms with Crippen molar-refractivity contribution >= 4 is 5.91 Å². The van der Waals surface area contributed by atoms with Gasteiger partial charge in [0.25, 0.3) is 0 Å². The average Bonchev–Trinajstić information content (AvgIpc) is 2.78. The molecule has 0 bridgehead atoms. The van der Waals surface area contributed by atoms with Crippen LogP contribution in [0.3, 0.4) is 0 Å². The highest BCUT2D eigenvalue weighted by Gasteiger charge is 2.12. The zero-order valence-electron chi connectivity index (χ0n) is 10.1. The van der Waals surface area contributed by atoms with Crippen molar-refractivity contribution in [1.29, 1.82) is 0 Å². The summed E-state index contributed by atoms with van der Waals surface area (Å²) in [4.78, 5) is 11.3. The summed E-state index contributed by atoms with van der Waals surface area (Å²) in [6, 6.07) is 0.594. The Balaban J connectivity index is 1.87. The standard InChI is InChI=1S/C11H23N3O2/c1-16-8-7-14-11(15)4-6-12-9-10-3-2-5-13-10/h10,12-13H,2-9H2,1H3,(H,14,15). The summed E-state index contributed by atoms with van der Waals surface area (Å²) in [5.41, 5.74) is 0. The predicted molar refractivity (Wildman–Crippen MR) is 63.4 cm³/mol. The van der Waals surface area contributed by atoms with Crippen LogP contribution in [0.4, 0.5) is 0 Å². The van der Waals surface area contributed by atoms with Crippen LogP contribution in [0.1, 0.15) is 19.3 Å². The molecule has 1 fully saturated rings. The molecule has 0 aromatic heterocycles. The molecule has 1 atom stereocenters. The number of carbonyl (C=O) groups is 1. The lowest BCUT2D eigenvalue weighted by molar-refractivity contribution is -0.121. The van der Waals surface area contributed by atoms with Crippen molar-refractivity contribution in [3.8, 4) is 0 Å². The van der Waals surface area contributed by atoms with Gasteiger partial charge in [-0.3, -0.25) is 4.79 Å². The maximum Gasteiger partial charge on any atom is 0.221 e. The first-order chi connectivity index (χ1) is 7.83. The second-order valence-corrected chi connectivity index (χ2v) is 4.09. The summed E-state index contributed by atoms with van der Waals surface area (Å²) >= 11 is 0. The van der Waals surface area contributed by atoms with E-state index in [1.165, 1.54) is 12.8 Å². The van der Waals surface area contributed by atoms with Gasteiger partial charge in [-0.2, -0.15) is 0 Å². The van der Waals surface area contributed by atoms with Crippen LogP contribution < -0.4 is 16.0 Å². The number of methoxy groups -OCH3 is 1. The highest BCUT2D eigenvalue weighted by molar-refractivity contribution is 5.75. The quantitative estimate of drug-likeness (QED) is 0.490. The van der Waals surface area contributed by atoms with Crippen molar-refractivity contribution in [2.45, 2.75) is 25.3 Å². The Morgan fingerprint density at radius 2 is 2.38 bits per heavy atom. The molecule has 1 saturated heterocycles. The van der Waals surface area contributed by atoms with Crippen LogP contribution in [0.15, 0.2) is 0 Å².